The Labute approximate surface area is 127 Å². The molecule has 2 aliphatic carbocycles. The van der Waals surface area contributed by atoms with Gasteiger partial charge in [-0.2, -0.15) is 0 Å². The first kappa shape index (κ1) is 13.4. The second-order valence-corrected chi connectivity index (χ2v) is 6.74. The first-order valence-electron chi connectivity index (χ1n) is 8.53. The van der Waals surface area contributed by atoms with Crippen molar-refractivity contribution < 1.29 is 9.47 Å². The maximum atomic E-state index is 5.77. The average Bonchev–Trinajstić information content (AvgIpc) is 3.20. The van der Waals surface area contributed by atoms with Crippen molar-refractivity contribution in [2.24, 2.45) is 5.92 Å². The maximum absolute atomic E-state index is 5.77. The van der Waals surface area contributed by atoms with Crippen LogP contribution in [0.2, 0.25) is 0 Å². The third-order valence-corrected chi connectivity index (χ3v) is 5.17. The molecular weight excluding hydrogens is 262 g/mol. The van der Waals surface area contributed by atoms with Gasteiger partial charge >= 0.3 is 0 Å². The normalized spacial score (nSPS) is 23.2. The molecule has 1 atom stereocenters. The van der Waals surface area contributed by atoms with Crippen molar-refractivity contribution in [2.45, 2.75) is 50.5 Å². The van der Waals surface area contributed by atoms with Gasteiger partial charge in [0.25, 0.3) is 0 Å². The molecule has 0 bridgehead atoms. The molecule has 0 amide bonds. The molecule has 0 saturated heterocycles. The van der Waals surface area contributed by atoms with E-state index in [1.54, 1.807) is 0 Å². The molecule has 0 radical (unpaired) electrons. The lowest BCUT2D eigenvalue weighted by molar-refractivity contribution is 0.171. The summed E-state index contributed by atoms with van der Waals surface area (Å²) in [6.45, 7) is 2.46. The van der Waals surface area contributed by atoms with E-state index < -0.39 is 0 Å². The zero-order valence-corrected chi connectivity index (χ0v) is 12.6. The predicted molar refractivity (Wildman–Crippen MR) is 83.2 cm³/mol. The fourth-order valence-corrected chi connectivity index (χ4v) is 3.79. The van der Waals surface area contributed by atoms with Gasteiger partial charge in [-0.25, -0.2) is 0 Å². The van der Waals surface area contributed by atoms with E-state index in [-0.39, 0.29) is 0 Å². The summed E-state index contributed by atoms with van der Waals surface area (Å²) in [6, 6.07) is 7.37. The van der Waals surface area contributed by atoms with E-state index in [4.69, 9.17) is 9.47 Å². The van der Waals surface area contributed by atoms with E-state index in [2.05, 4.69) is 23.5 Å². The Morgan fingerprint density at radius 3 is 2.52 bits per heavy atom. The molecule has 2 fully saturated rings. The number of fused-ring (bicyclic) bond motifs is 1. The molecule has 1 aromatic rings. The van der Waals surface area contributed by atoms with Gasteiger partial charge in [0.05, 0.1) is 0 Å². The summed E-state index contributed by atoms with van der Waals surface area (Å²) in [5, 5.41) is 3.74. The van der Waals surface area contributed by atoms with Gasteiger partial charge in [0.1, 0.15) is 13.2 Å². The average molecular weight is 287 g/mol. The number of ether oxygens (including phenoxy) is 2. The van der Waals surface area contributed by atoms with Gasteiger partial charge in [-0.3, -0.25) is 0 Å². The predicted octanol–water partition coefficient (Wildman–Crippen LogP) is 3.48. The van der Waals surface area contributed by atoms with E-state index in [9.17, 15) is 0 Å². The molecule has 0 aromatic heterocycles. The highest BCUT2D eigenvalue weighted by Crippen LogP contribution is 2.40. The van der Waals surface area contributed by atoms with Crippen molar-refractivity contribution in [2.75, 3.05) is 19.8 Å². The van der Waals surface area contributed by atoms with E-state index in [1.165, 1.54) is 44.1 Å². The SMILES string of the molecule is c1cc2c(cc1C(CNC1CC1)C1CCCC1)OCCO2. The van der Waals surface area contributed by atoms with Gasteiger partial charge in [-0.15, -0.1) is 0 Å². The monoisotopic (exact) mass is 287 g/mol. The standard InChI is InChI=1S/C18H25NO2/c1-2-4-13(3-1)16(12-19-15-6-7-15)14-5-8-17-18(11-14)21-10-9-20-17/h5,8,11,13,15-16,19H,1-4,6-7,9-10,12H2. The molecule has 1 unspecified atom stereocenters. The fourth-order valence-electron chi connectivity index (χ4n) is 3.79. The molecule has 3 heteroatoms. The van der Waals surface area contributed by atoms with Crippen LogP contribution in [0.1, 0.15) is 50.0 Å². The molecular formula is C18H25NO2. The van der Waals surface area contributed by atoms with Crippen LogP contribution in [-0.4, -0.2) is 25.8 Å². The summed E-state index contributed by atoms with van der Waals surface area (Å²) in [7, 11) is 0. The minimum Gasteiger partial charge on any atom is -0.486 e. The summed E-state index contributed by atoms with van der Waals surface area (Å²) >= 11 is 0. The van der Waals surface area contributed by atoms with Crippen molar-refractivity contribution in [3.63, 3.8) is 0 Å². The Morgan fingerprint density at radius 2 is 1.76 bits per heavy atom. The van der Waals surface area contributed by atoms with Crippen molar-refractivity contribution in [3.05, 3.63) is 23.8 Å². The number of nitrogens with one attached hydrogen (secondary N) is 1. The largest absolute Gasteiger partial charge is 0.486 e. The molecule has 1 heterocycles. The first-order valence-corrected chi connectivity index (χ1v) is 8.53. The molecule has 4 rings (SSSR count). The van der Waals surface area contributed by atoms with Gasteiger partial charge in [0.15, 0.2) is 11.5 Å². The van der Waals surface area contributed by atoms with E-state index in [1.807, 2.05) is 0 Å². The molecule has 21 heavy (non-hydrogen) atoms. The van der Waals surface area contributed by atoms with Crippen LogP contribution in [0.3, 0.4) is 0 Å². The summed E-state index contributed by atoms with van der Waals surface area (Å²) in [5.41, 5.74) is 1.43. The minimum atomic E-state index is 0.629. The molecule has 1 aromatic carbocycles. The van der Waals surface area contributed by atoms with Gasteiger partial charge in [0, 0.05) is 12.6 Å². The molecule has 1 aliphatic heterocycles. The Kier molecular flexibility index (Phi) is 3.76. The highest BCUT2D eigenvalue weighted by Gasteiger charge is 2.29. The minimum absolute atomic E-state index is 0.629. The molecule has 2 saturated carbocycles. The third kappa shape index (κ3) is 3.03. The maximum Gasteiger partial charge on any atom is 0.161 e. The smallest absolute Gasteiger partial charge is 0.161 e. The molecule has 114 valence electrons. The van der Waals surface area contributed by atoms with Crippen molar-refractivity contribution in [3.8, 4) is 11.5 Å². The zero-order chi connectivity index (χ0) is 14.1. The lowest BCUT2D eigenvalue weighted by atomic mass is 9.84. The van der Waals surface area contributed by atoms with Crippen molar-refractivity contribution in [1.29, 1.82) is 0 Å². The molecule has 0 spiro atoms. The van der Waals surface area contributed by atoms with Crippen LogP contribution >= 0.6 is 0 Å². The second-order valence-electron chi connectivity index (χ2n) is 6.74. The second kappa shape index (κ2) is 5.88. The quantitative estimate of drug-likeness (QED) is 0.899. The van der Waals surface area contributed by atoms with Crippen molar-refractivity contribution in [1.82, 2.24) is 5.32 Å². The van der Waals surface area contributed by atoms with Crippen LogP contribution in [0.5, 0.6) is 11.5 Å². The first-order chi connectivity index (χ1) is 10.4. The summed E-state index contributed by atoms with van der Waals surface area (Å²) in [6.07, 6.45) is 8.28. The zero-order valence-electron chi connectivity index (χ0n) is 12.6. The summed E-state index contributed by atoms with van der Waals surface area (Å²) in [4.78, 5) is 0. The molecule has 3 nitrogen and oxygen atoms in total. The van der Waals surface area contributed by atoms with Gasteiger partial charge < -0.3 is 14.8 Å². The number of hydrogen-bond donors (Lipinski definition) is 1. The number of benzene rings is 1. The Hall–Kier alpha value is -1.22. The lowest BCUT2D eigenvalue weighted by Crippen LogP contribution is -2.27. The van der Waals surface area contributed by atoms with Gasteiger partial charge in [0.2, 0.25) is 0 Å². The van der Waals surface area contributed by atoms with E-state index in [0.717, 1.165) is 30.0 Å². The van der Waals surface area contributed by atoms with E-state index in [0.29, 0.717) is 19.1 Å². The highest BCUT2D eigenvalue weighted by atomic mass is 16.6. The summed E-state index contributed by atoms with van der Waals surface area (Å²) in [5.74, 6) is 3.31. The van der Waals surface area contributed by atoms with Crippen LogP contribution in [0.4, 0.5) is 0 Å². The lowest BCUT2D eigenvalue weighted by Gasteiger charge is -2.26. The number of hydrogen-bond acceptors (Lipinski definition) is 3. The Morgan fingerprint density at radius 1 is 1.00 bits per heavy atom. The van der Waals surface area contributed by atoms with Crippen LogP contribution in [0, 0.1) is 5.92 Å². The van der Waals surface area contributed by atoms with Gasteiger partial charge in [-0.1, -0.05) is 18.9 Å². The van der Waals surface area contributed by atoms with Gasteiger partial charge in [-0.05, 0) is 55.2 Å². The number of rotatable bonds is 5. The topological polar surface area (TPSA) is 30.5 Å². The third-order valence-electron chi connectivity index (χ3n) is 5.17. The molecule has 3 aliphatic rings. The van der Waals surface area contributed by atoms with E-state index >= 15 is 0 Å². The van der Waals surface area contributed by atoms with Crippen LogP contribution in [0.15, 0.2) is 18.2 Å². The van der Waals surface area contributed by atoms with Crippen molar-refractivity contribution >= 4 is 0 Å². The summed E-state index contributed by atoms with van der Waals surface area (Å²) < 4.78 is 11.4. The molecule has 1 N–H and O–H groups in total. The fraction of sp³-hybridized carbons (Fsp3) is 0.667. The van der Waals surface area contributed by atoms with Crippen LogP contribution in [-0.2, 0) is 0 Å². The Bertz CT molecular complexity index is 492. The Balaban J connectivity index is 1.55. The van der Waals surface area contributed by atoms with Crippen LogP contribution < -0.4 is 14.8 Å². The van der Waals surface area contributed by atoms with Crippen LogP contribution in [0.25, 0.3) is 0 Å². The highest BCUT2D eigenvalue weighted by molar-refractivity contribution is 5.45.